The molecule has 1 saturated heterocycles. The van der Waals surface area contributed by atoms with Gasteiger partial charge in [0, 0.05) is 0 Å². The number of carbonyl (C=O) groups is 1. The SMILES string of the molecule is COC(=O)C1COCC1OS(=O)(=O)Cc1ccccc1. The van der Waals surface area contributed by atoms with E-state index in [2.05, 4.69) is 4.74 Å². The maximum Gasteiger partial charge on any atom is 0.313 e. The number of esters is 1. The van der Waals surface area contributed by atoms with Crippen molar-refractivity contribution in [3.05, 3.63) is 35.9 Å². The van der Waals surface area contributed by atoms with Crippen LogP contribution in [-0.4, -0.2) is 40.8 Å². The van der Waals surface area contributed by atoms with Gasteiger partial charge in [-0.05, 0) is 5.56 Å². The van der Waals surface area contributed by atoms with Crippen molar-refractivity contribution in [3.8, 4) is 0 Å². The zero-order chi connectivity index (χ0) is 14.6. The average molecular weight is 300 g/mol. The van der Waals surface area contributed by atoms with Gasteiger partial charge in [0.25, 0.3) is 10.1 Å². The highest BCUT2D eigenvalue weighted by Gasteiger charge is 2.38. The van der Waals surface area contributed by atoms with Crippen LogP contribution in [0.3, 0.4) is 0 Å². The Hall–Kier alpha value is -1.44. The first-order chi connectivity index (χ1) is 9.52. The topological polar surface area (TPSA) is 78.9 Å². The summed E-state index contributed by atoms with van der Waals surface area (Å²) >= 11 is 0. The summed E-state index contributed by atoms with van der Waals surface area (Å²) in [4.78, 5) is 11.5. The molecule has 0 amide bonds. The summed E-state index contributed by atoms with van der Waals surface area (Å²) in [6.45, 7) is 0.173. The number of benzene rings is 1. The summed E-state index contributed by atoms with van der Waals surface area (Å²) in [5.41, 5.74) is 0.626. The molecule has 1 aliphatic heterocycles. The fourth-order valence-corrected chi connectivity index (χ4v) is 3.24. The van der Waals surface area contributed by atoms with Gasteiger partial charge < -0.3 is 9.47 Å². The molecular formula is C13H16O6S. The van der Waals surface area contributed by atoms with Gasteiger partial charge in [-0.1, -0.05) is 30.3 Å². The van der Waals surface area contributed by atoms with E-state index in [1.54, 1.807) is 30.3 Å². The molecule has 110 valence electrons. The molecule has 0 saturated carbocycles. The van der Waals surface area contributed by atoms with Crippen molar-refractivity contribution < 1.29 is 26.9 Å². The molecule has 0 spiro atoms. The lowest BCUT2D eigenvalue weighted by atomic mass is 10.1. The number of hydrogen-bond acceptors (Lipinski definition) is 6. The molecule has 0 N–H and O–H groups in total. The minimum absolute atomic E-state index is 0.0633. The molecule has 1 fully saturated rings. The number of ether oxygens (including phenoxy) is 2. The molecule has 0 radical (unpaired) electrons. The fraction of sp³-hybridized carbons (Fsp3) is 0.462. The Morgan fingerprint density at radius 2 is 2.00 bits per heavy atom. The van der Waals surface area contributed by atoms with Gasteiger partial charge in [-0.2, -0.15) is 8.42 Å². The van der Waals surface area contributed by atoms with Crippen molar-refractivity contribution in [3.63, 3.8) is 0 Å². The summed E-state index contributed by atoms with van der Waals surface area (Å²) in [6, 6.07) is 8.70. The van der Waals surface area contributed by atoms with Gasteiger partial charge in [0.05, 0.1) is 20.3 Å². The van der Waals surface area contributed by atoms with Crippen molar-refractivity contribution in [1.82, 2.24) is 0 Å². The maximum atomic E-state index is 12.0. The quantitative estimate of drug-likeness (QED) is 0.589. The molecule has 6 nitrogen and oxygen atoms in total. The van der Waals surface area contributed by atoms with Gasteiger partial charge in [0.2, 0.25) is 0 Å². The lowest BCUT2D eigenvalue weighted by molar-refractivity contribution is -0.147. The van der Waals surface area contributed by atoms with E-state index in [0.29, 0.717) is 5.56 Å². The molecule has 1 aromatic rings. The summed E-state index contributed by atoms with van der Waals surface area (Å²) in [5.74, 6) is -1.47. The van der Waals surface area contributed by atoms with Crippen LogP contribution >= 0.6 is 0 Å². The van der Waals surface area contributed by atoms with Crippen LogP contribution in [0.2, 0.25) is 0 Å². The molecule has 1 aromatic carbocycles. The van der Waals surface area contributed by atoms with Crippen LogP contribution in [0.4, 0.5) is 0 Å². The first kappa shape index (κ1) is 15.0. The third-order valence-electron chi connectivity index (χ3n) is 2.99. The van der Waals surface area contributed by atoms with Crippen LogP contribution in [0.15, 0.2) is 30.3 Å². The van der Waals surface area contributed by atoms with Crippen LogP contribution < -0.4 is 0 Å². The van der Waals surface area contributed by atoms with Crippen LogP contribution in [-0.2, 0) is 34.3 Å². The van der Waals surface area contributed by atoms with Crippen molar-refractivity contribution in [2.75, 3.05) is 20.3 Å². The van der Waals surface area contributed by atoms with E-state index in [0.717, 1.165) is 0 Å². The first-order valence-electron chi connectivity index (χ1n) is 6.12. The summed E-state index contributed by atoms with van der Waals surface area (Å²) in [5, 5.41) is 0. The Kier molecular flexibility index (Phi) is 4.74. The molecule has 2 atom stereocenters. The number of rotatable bonds is 5. The smallest absolute Gasteiger partial charge is 0.313 e. The van der Waals surface area contributed by atoms with Crippen LogP contribution in [0, 0.1) is 5.92 Å². The molecule has 2 rings (SSSR count). The Morgan fingerprint density at radius 3 is 2.65 bits per heavy atom. The second kappa shape index (κ2) is 6.34. The minimum atomic E-state index is -3.78. The van der Waals surface area contributed by atoms with E-state index in [1.165, 1.54) is 7.11 Å². The van der Waals surface area contributed by atoms with E-state index in [4.69, 9.17) is 8.92 Å². The van der Waals surface area contributed by atoms with Crippen LogP contribution in [0.1, 0.15) is 5.56 Å². The predicted molar refractivity (Wildman–Crippen MR) is 70.3 cm³/mol. The standard InChI is InChI=1S/C13H16O6S/c1-17-13(14)11-7-18-8-12(11)19-20(15,16)9-10-5-3-2-4-6-10/h2-6,11-12H,7-9H2,1H3. The van der Waals surface area contributed by atoms with Crippen molar-refractivity contribution in [1.29, 1.82) is 0 Å². The van der Waals surface area contributed by atoms with Crippen LogP contribution in [0.5, 0.6) is 0 Å². The molecule has 2 unspecified atom stereocenters. The maximum absolute atomic E-state index is 12.0. The van der Waals surface area contributed by atoms with Gasteiger partial charge in [-0.25, -0.2) is 0 Å². The van der Waals surface area contributed by atoms with E-state index < -0.39 is 28.1 Å². The van der Waals surface area contributed by atoms with Gasteiger partial charge in [0.1, 0.15) is 17.8 Å². The lowest BCUT2D eigenvalue weighted by Crippen LogP contribution is -2.32. The molecule has 0 aliphatic carbocycles. The van der Waals surface area contributed by atoms with Gasteiger partial charge in [0.15, 0.2) is 0 Å². The van der Waals surface area contributed by atoms with E-state index in [1.807, 2.05) is 0 Å². The largest absolute Gasteiger partial charge is 0.469 e. The highest BCUT2D eigenvalue weighted by atomic mass is 32.2. The molecule has 0 aromatic heterocycles. The zero-order valence-corrected chi connectivity index (χ0v) is 11.8. The molecule has 1 aliphatic rings. The first-order valence-corrected chi connectivity index (χ1v) is 7.70. The second-order valence-electron chi connectivity index (χ2n) is 4.49. The summed E-state index contributed by atoms with van der Waals surface area (Å²) in [6.07, 6.45) is -0.823. The van der Waals surface area contributed by atoms with Gasteiger partial charge in [-0.3, -0.25) is 8.98 Å². The van der Waals surface area contributed by atoms with Crippen molar-refractivity contribution in [2.24, 2.45) is 5.92 Å². The van der Waals surface area contributed by atoms with Crippen molar-refractivity contribution >= 4 is 16.1 Å². The Balaban J connectivity index is 2.03. The molecular weight excluding hydrogens is 284 g/mol. The molecule has 1 heterocycles. The predicted octanol–water partition coefficient (Wildman–Crippen LogP) is 0.721. The molecule has 7 heteroatoms. The molecule has 20 heavy (non-hydrogen) atoms. The van der Waals surface area contributed by atoms with Gasteiger partial charge in [-0.15, -0.1) is 0 Å². The minimum Gasteiger partial charge on any atom is -0.469 e. The van der Waals surface area contributed by atoms with E-state index >= 15 is 0 Å². The molecule has 0 bridgehead atoms. The Morgan fingerprint density at radius 1 is 1.30 bits per heavy atom. The Bertz CT molecular complexity index is 553. The highest BCUT2D eigenvalue weighted by molar-refractivity contribution is 7.85. The second-order valence-corrected chi connectivity index (χ2v) is 6.09. The Labute approximate surface area is 117 Å². The third-order valence-corrected chi connectivity index (χ3v) is 4.22. The third kappa shape index (κ3) is 3.78. The number of methoxy groups -OCH3 is 1. The monoisotopic (exact) mass is 300 g/mol. The fourth-order valence-electron chi connectivity index (χ4n) is 2.00. The van der Waals surface area contributed by atoms with Crippen molar-refractivity contribution in [2.45, 2.75) is 11.9 Å². The van der Waals surface area contributed by atoms with E-state index in [9.17, 15) is 13.2 Å². The zero-order valence-electron chi connectivity index (χ0n) is 11.0. The highest BCUT2D eigenvalue weighted by Crippen LogP contribution is 2.21. The summed E-state index contributed by atoms with van der Waals surface area (Å²) in [7, 11) is -2.53. The van der Waals surface area contributed by atoms with Crippen LogP contribution in [0.25, 0.3) is 0 Å². The van der Waals surface area contributed by atoms with E-state index in [-0.39, 0.29) is 19.0 Å². The summed E-state index contributed by atoms with van der Waals surface area (Å²) < 4.78 is 38.8. The van der Waals surface area contributed by atoms with Gasteiger partial charge >= 0.3 is 5.97 Å². The normalized spacial score (nSPS) is 22.6. The average Bonchev–Trinajstić information content (AvgIpc) is 2.85. The number of carbonyl (C=O) groups excluding carboxylic acids is 1. The number of hydrogen-bond donors (Lipinski definition) is 0. The lowest BCUT2D eigenvalue weighted by Gasteiger charge is -2.16.